The molecule has 1 aliphatic heterocycles. The molecule has 1 unspecified atom stereocenters. The van der Waals surface area contributed by atoms with E-state index >= 15 is 0 Å². The van der Waals surface area contributed by atoms with Crippen LogP contribution in [0.3, 0.4) is 0 Å². The van der Waals surface area contributed by atoms with Crippen LogP contribution in [0.2, 0.25) is 0 Å². The molecule has 2 amide bonds. The fourth-order valence-corrected chi connectivity index (χ4v) is 3.91. The average molecular weight is 397 g/mol. The van der Waals surface area contributed by atoms with E-state index in [2.05, 4.69) is 25.3 Å². The van der Waals surface area contributed by atoms with Crippen molar-refractivity contribution in [3.63, 3.8) is 0 Å². The zero-order valence-electron chi connectivity index (χ0n) is 15.0. The maximum atomic E-state index is 12.7. The fourth-order valence-electron chi connectivity index (χ4n) is 3.18. The van der Waals surface area contributed by atoms with Gasteiger partial charge in [0, 0.05) is 42.6 Å². The van der Waals surface area contributed by atoms with Gasteiger partial charge in [0.05, 0.1) is 11.6 Å². The maximum Gasteiger partial charge on any atom is 0.265 e. The molecule has 1 saturated heterocycles. The second-order valence-electron chi connectivity index (χ2n) is 6.53. The lowest BCUT2D eigenvalue weighted by molar-refractivity contribution is -0.120. The Bertz CT molecular complexity index is 985. The highest BCUT2D eigenvalue weighted by atomic mass is 32.1. The molecule has 3 aromatic rings. The van der Waals surface area contributed by atoms with E-state index < -0.39 is 5.91 Å². The van der Waals surface area contributed by atoms with Gasteiger partial charge in [0.15, 0.2) is 5.13 Å². The molecule has 9 nitrogen and oxygen atoms in total. The van der Waals surface area contributed by atoms with Gasteiger partial charge in [-0.15, -0.1) is 11.3 Å². The number of nitrogens with zero attached hydrogens (tertiary/aromatic N) is 4. The van der Waals surface area contributed by atoms with Crippen molar-refractivity contribution in [3.8, 4) is 11.3 Å². The second kappa shape index (κ2) is 7.77. The Morgan fingerprint density at radius 3 is 2.89 bits per heavy atom. The van der Waals surface area contributed by atoms with Crippen molar-refractivity contribution < 1.29 is 9.59 Å². The van der Waals surface area contributed by atoms with Gasteiger partial charge in [-0.2, -0.15) is 0 Å². The van der Waals surface area contributed by atoms with E-state index in [-0.39, 0.29) is 11.8 Å². The second-order valence-corrected chi connectivity index (χ2v) is 7.39. The summed E-state index contributed by atoms with van der Waals surface area (Å²) in [6, 6.07) is 3.41. The lowest BCUT2D eigenvalue weighted by Crippen LogP contribution is -2.41. The van der Waals surface area contributed by atoms with Crippen LogP contribution in [0.1, 0.15) is 23.3 Å². The number of H-pyrrole nitrogens is 1. The summed E-state index contributed by atoms with van der Waals surface area (Å²) in [4.78, 5) is 41.7. The largest absolute Gasteiger partial charge is 0.364 e. The average Bonchev–Trinajstić information content (AvgIpc) is 3.38. The van der Waals surface area contributed by atoms with Crippen molar-refractivity contribution in [1.29, 1.82) is 0 Å². The molecule has 0 bridgehead atoms. The molecule has 28 heavy (non-hydrogen) atoms. The Morgan fingerprint density at radius 1 is 1.32 bits per heavy atom. The van der Waals surface area contributed by atoms with Crippen LogP contribution in [0.5, 0.6) is 0 Å². The monoisotopic (exact) mass is 397 g/mol. The fraction of sp³-hybridized carbons (Fsp3) is 0.278. The number of carbonyl (C=O) groups is 2. The summed E-state index contributed by atoms with van der Waals surface area (Å²) in [5, 5.41) is 5.25. The van der Waals surface area contributed by atoms with E-state index in [0.29, 0.717) is 29.0 Å². The van der Waals surface area contributed by atoms with Gasteiger partial charge in [-0.25, -0.2) is 15.0 Å². The first-order valence-electron chi connectivity index (χ1n) is 8.87. The number of anilines is 2. The van der Waals surface area contributed by atoms with Crippen LogP contribution in [0.4, 0.5) is 11.1 Å². The minimum atomic E-state index is -0.528. The number of hydrogen-bond acceptors (Lipinski definition) is 7. The van der Waals surface area contributed by atoms with Crippen LogP contribution in [-0.2, 0) is 4.79 Å². The lowest BCUT2D eigenvalue weighted by atomic mass is 9.97. The van der Waals surface area contributed by atoms with Crippen LogP contribution in [0.25, 0.3) is 11.3 Å². The van der Waals surface area contributed by atoms with Gasteiger partial charge in [0.1, 0.15) is 5.69 Å². The first-order chi connectivity index (χ1) is 13.6. The number of piperidine rings is 1. The smallest absolute Gasteiger partial charge is 0.265 e. The molecule has 4 N–H and O–H groups in total. The van der Waals surface area contributed by atoms with Crippen molar-refractivity contribution in [1.82, 2.24) is 19.9 Å². The van der Waals surface area contributed by atoms with Crippen LogP contribution < -0.4 is 16.0 Å². The quantitative estimate of drug-likeness (QED) is 0.603. The number of aromatic amines is 1. The van der Waals surface area contributed by atoms with Gasteiger partial charge in [-0.1, -0.05) is 0 Å². The molecule has 10 heteroatoms. The summed E-state index contributed by atoms with van der Waals surface area (Å²) in [7, 11) is 0. The Balaban J connectivity index is 1.41. The maximum absolute atomic E-state index is 12.7. The summed E-state index contributed by atoms with van der Waals surface area (Å²) < 4.78 is 0. The van der Waals surface area contributed by atoms with Crippen LogP contribution >= 0.6 is 11.3 Å². The van der Waals surface area contributed by atoms with Crippen molar-refractivity contribution in [3.05, 3.63) is 41.8 Å². The Hall–Kier alpha value is -3.27. The molecule has 144 valence electrons. The number of thiazole rings is 1. The van der Waals surface area contributed by atoms with Gasteiger partial charge in [-0.3, -0.25) is 9.59 Å². The number of primary amides is 1. The number of nitrogens with one attached hydrogen (secondary N) is 2. The zero-order chi connectivity index (χ0) is 19.5. The van der Waals surface area contributed by atoms with Crippen molar-refractivity contribution in [2.45, 2.75) is 12.8 Å². The number of hydrogen-bond donors (Lipinski definition) is 3. The van der Waals surface area contributed by atoms with E-state index in [1.54, 1.807) is 30.7 Å². The standard InChI is InChI=1S/C18H19N7O2S/c19-15(26)13-7-12(8-22-13)14-10-28-18(23-14)24-16(27)11-3-1-6-25(9-11)17-20-4-2-5-21-17/h2,4-5,7-8,10-11,22H,1,3,6,9H2,(H2,19,26)(H,23,24,27). The Labute approximate surface area is 165 Å². The summed E-state index contributed by atoms with van der Waals surface area (Å²) in [6.07, 6.45) is 6.78. The summed E-state index contributed by atoms with van der Waals surface area (Å²) >= 11 is 1.34. The van der Waals surface area contributed by atoms with Gasteiger partial charge < -0.3 is 20.9 Å². The molecule has 0 aliphatic carbocycles. The highest BCUT2D eigenvalue weighted by Gasteiger charge is 2.27. The molecule has 0 radical (unpaired) electrons. The molecule has 0 spiro atoms. The molecule has 0 aromatic carbocycles. The normalized spacial score (nSPS) is 16.7. The molecule has 4 heterocycles. The first kappa shape index (κ1) is 18.1. The van der Waals surface area contributed by atoms with E-state index in [1.807, 2.05) is 10.3 Å². The lowest BCUT2D eigenvalue weighted by Gasteiger charge is -2.31. The van der Waals surface area contributed by atoms with E-state index in [0.717, 1.165) is 24.9 Å². The third-order valence-electron chi connectivity index (χ3n) is 4.61. The predicted octanol–water partition coefficient (Wildman–Crippen LogP) is 1.88. The predicted molar refractivity (Wildman–Crippen MR) is 106 cm³/mol. The van der Waals surface area contributed by atoms with Crippen molar-refractivity contribution >= 4 is 34.2 Å². The Morgan fingerprint density at radius 2 is 2.14 bits per heavy atom. The van der Waals surface area contributed by atoms with Crippen LogP contribution in [0.15, 0.2) is 36.1 Å². The molecule has 0 saturated carbocycles. The van der Waals surface area contributed by atoms with Crippen molar-refractivity contribution in [2.24, 2.45) is 11.7 Å². The van der Waals surface area contributed by atoms with Gasteiger partial charge in [0.25, 0.3) is 5.91 Å². The Kier molecular flexibility index (Phi) is 5.02. The number of amides is 2. The van der Waals surface area contributed by atoms with E-state index in [4.69, 9.17) is 5.73 Å². The summed E-state index contributed by atoms with van der Waals surface area (Å²) in [6.45, 7) is 1.42. The minimum absolute atomic E-state index is 0.0616. The van der Waals surface area contributed by atoms with Crippen LogP contribution in [-0.4, -0.2) is 44.8 Å². The number of aromatic nitrogens is 4. The molecule has 1 atom stereocenters. The molecular weight excluding hydrogens is 378 g/mol. The highest BCUT2D eigenvalue weighted by molar-refractivity contribution is 7.14. The summed E-state index contributed by atoms with van der Waals surface area (Å²) in [5.41, 5.74) is 6.99. The molecular formula is C18H19N7O2S. The van der Waals surface area contributed by atoms with E-state index in [1.165, 1.54) is 11.3 Å². The first-order valence-corrected chi connectivity index (χ1v) is 9.75. The van der Waals surface area contributed by atoms with Gasteiger partial charge in [-0.05, 0) is 25.0 Å². The molecule has 1 fully saturated rings. The SMILES string of the molecule is NC(=O)c1cc(-c2csc(NC(=O)C3CCCN(c4ncccn4)C3)n2)c[nH]1. The topological polar surface area (TPSA) is 130 Å². The van der Waals surface area contributed by atoms with Gasteiger partial charge in [0.2, 0.25) is 11.9 Å². The van der Waals surface area contributed by atoms with Crippen molar-refractivity contribution in [2.75, 3.05) is 23.3 Å². The number of carbonyl (C=O) groups excluding carboxylic acids is 2. The van der Waals surface area contributed by atoms with E-state index in [9.17, 15) is 9.59 Å². The number of nitrogens with two attached hydrogens (primary N) is 1. The van der Waals surface area contributed by atoms with Crippen LogP contribution in [0, 0.1) is 5.92 Å². The molecule has 4 rings (SSSR count). The minimum Gasteiger partial charge on any atom is -0.364 e. The molecule has 3 aromatic heterocycles. The third-order valence-corrected chi connectivity index (χ3v) is 5.36. The molecule has 1 aliphatic rings. The zero-order valence-corrected chi connectivity index (χ0v) is 15.8. The third kappa shape index (κ3) is 3.86. The summed E-state index contributed by atoms with van der Waals surface area (Å²) in [5.74, 6) is -0.0967. The number of rotatable bonds is 5. The van der Waals surface area contributed by atoms with Gasteiger partial charge >= 0.3 is 0 Å². The highest BCUT2D eigenvalue weighted by Crippen LogP contribution is 2.27.